The van der Waals surface area contributed by atoms with Crippen LogP contribution in [0.5, 0.6) is 5.88 Å². The van der Waals surface area contributed by atoms with Gasteiger partial charge in [0.15, 0.2) is 11.6 Å². The largest absolute Gasteiger partial charge is 0.478 e. The normalized spacial score (nSPS) is 16.0. The van der Waals surface area contributed by atoms with Gasteiger partial charge in [-0.05, 0) is 38.3 Å². The molecule has 0 radical (unpaired) electrons. The SMILES string of the molecule is CCOc1cc(N2CCCCC2)c2ccc3c(c2n1)C(=O)c1ccccc1C3=O. The zero-order valence-electron chi connectivity index (χ0n) is 16.4. The molecule has 29 heavy (non-hydrogen) atoms. The van der Waals surface area contributed by atoms with Gasteiger partial charge >= 0.3 is 0 Å². The molecular formula is C24H22N2O3. The zero-order valence-corrected chi connectivity index (χ0v) is 16.4. The standard InChI is InChI=1S/C24H22N2O3/c1-2-29-20-14-19(26-12-6-3-7-13-26)17-10-11-18-21(22(17)25-20)24(28)16-9-5-4-8-15(16)23(18)27/h4-5,8-11,14H,2-3,6-7,12-13H2,1H3. The fraction of sp³-hybridized carbons (Fsp3) is 0.292. The molecule has 2 aromatic carbocycles. The summed E-state index contributed by atoms with van der Waals surface area (Å²) in [4.78, 5) is 33.5. The van der Waals surface area contributed by atoms with Crippen LogP contribution in [-0.2, 0) is 0 Å². The van der Waals surface area contributed by atoms with Crippen molar-refractivity contribution in [3.63, 3.8) is 0 Å². The zero-order chi connectivity index (χ0) is 20.0. The molecule has 0 spiro atoms. The van der Waals surface area contributed by atoms with Gasteiger partial charge in [-0.3, -0.25) is 9.59 Å². The van der Waals surface area contributed by atoms with Gasteiger partial charge < -0.3 is 9.64 Å². The van der Waals surface area contributed by atoms with E-state index in [2.05, 4.69) is 9.88 Å². The van der Waals surface area contributed by atoms with Crippen molar-refractivity contribution in [3.05, 3.63) is 64.7 Å². The molecular weight excluding hydrogens is 364 g/mol. The van der Waals surface area contributed by atoms with Gasteiger partial charge in [0, 0.05) is 41.2 Å². The highest BCUT2D eigenvalue weighted by molar-refractivity contribution is 6.32. The minimum atomic E-state index is -0.147. The Balaban J connectivity index is 1.78. The Labute approximate surface area is 169 Å². The van der Waals surface area contributed by atoms with Crippen LogP contribution >= 0.6 is 0 Å². The van der Waals surface area contributed by atoms with Gasteiger partial charge in [-0.25, -0.2) is 4.98 Å². The molecule has 2 aliphatic rings. The van der Waals surface area contributed by atoms with E-state index in [1.807, 2.05) is 19.1 Å². The van der Waals surface area contributed by atoms with Crippen molar-refractivity contribution in [1.82, 2.24) is 4.98 Å². The molecule has 5 rings (SSSR count). The number of aromatic nitrogens is 1. The number of carbonyl (C=O) groups is 2. The predicted octanol–water partition coefficient (Wildman–Crippen LogP) is 4.40. The van der Waals surface area contributed by atoms with E-state index in [0.29, 0.717) is 40.3 Å². The van der Waals surface area contributed by atoms with Gasteiger partial charge in [0.1, 0.15) is 0 Å². The van der Waals surface area contributed by atoms with Crippen LogP contribution in [0.4, 0.5) is 5.69 Å². The first-order valence-electron chi connectivity index (χ1n) is 10.2. The number of hydrogen-bond acceptors (Lipinski definition) is 5. The Morgan fingerprint density at radius 2 is 1.66 bits per heavy atom. The van der Waals surface area contributed by atoms with Crippen LogP contribution in [0.3, 0.4) is 0 Å². The highest BCUT2D eigenvalue weighted by Gasteiger charge is 2.32. The molecule has 0 saturated carbocycles. The minimum Gasteiger partial charge on any atom is -0.478 e. The van der Waals surface area contributed by atoms with Crippen LogP contribution < -0.4 is 9.64 Å². The van der Waals surface area contributed by atoms with Crippen molar-refractivity contribution in [2.24, 2.45) is 0 Å². The van der Waals surface area contributed by atoms with Crippen LogP contribution in [0, 0.1) is 0 Å². The lowest BCUT2D eigenvalue weighted by Crippen LogP contribution is -2.30. The average molecular weight is 386 g/mol. The van der Waals surface area contributed by atoms with E-state index in [9.17, 15) is 9.59 Å². The second-order valence-corrected chi connectivity index (χ2v) is 7.55. The summed E-state index contributed by atoms with van der Waals surface area (Å²) < 4.78 is 5.73. The molecule has 1 aromatic heterocycles. The van der Waals surface area contributed by atoms with Crippen molar-refractivity contribution in [3.8, 4) is 5.88 Å². The Hall–Kier alpha value is -3.21. The maximum Gasteiger partial charge on any atom is 0.215 e. The number of pyridine rings is 1. The number of hydrogen-bond donors (Lipinski definition) is 0. The third kappa shape index (κ3) is 2.80. The molecule has 5 nitrogen and oxygen atoms in total. The summed E-state index contributed by atoms with van der Waals surface area (Å²) in [5.41, 5.74) is 3.31. The van der Waals surface area contributed by atoms with Gasteiger partial charge in [-0.2, -0.15) is 0 Å². The molecule has 0 amide bonds. The number of fused-ring (bicyclic) bond motifs is 4. The lowest BCUT2D eigenvalue weighted by Gasteiger charge is -2.30. The number of rotatable bonds is 3. The Bertz CT molecular complexity index is 1150. The van der Waals surface area contributed by atoms with E-state index in [4.69, 9.17) is 4.74 Å². The highest BCUT2D eigenvalue weighted by Crippen LogP contribution is 2.37. The van der Waals surface area contributed by atoms with Crippen LogP contribution in [0.25, 0.3) is 10.9 Å². The molecule has 1 aliphatic heterocycles. The summed E-state index contributed by atoms with van der Waals surface area (Å²) in [5, 5.41) is 0.898. The van der Waals surface area contributed by atoms with Crippen LogP contribution in [0.15, 0.2) is 42.5 Å². The van der Waals surface area contributed by atoms with Crippen molar-refractivity contribution >= 4 is 28.2 Å². The lowest BCUT2D eigenvalue weighted by atomic mass is 9.82. The number of ether oxygens (including phenoxy) is 1. The van der Waals surface area contributed by atoms with Crippen molar-refractivity contribution < 1.29 is 14.3 Å². The molecule has 0 bridgehead atoms. The minimum absolute atomic E-state index is 0.125. The number of anilines is 1. The summed E-state index contributed by atoms with van der Waals surface area (Å²) in [6.07, 6.45) is 3.52. The number of ketones is 2. The summed E-state index contributed by atoms with van der Waals surface area (Å²) in [6, 6.07) is 12.7. The molecule has 146 valence electrons. The van der Waals surface area contributed by atoms with E-state index in [0.717, 1.165) is 37.0 Å². The third-order valence-corrected chi connectivity index (χ3v) is 5.81. The second kappa shape index (κ2) is 6.99. The first-order valence-corrected chi connectivity index (χ1v) is 10.2. The topological polar surface area (TPSA) is 59.5 Å². The van der Waals surface area contributed by atoms with E-state index in [1.54, 1.807) is 30.3 Å². The molecule has 1 aliphatic carbocycles. The summed E-state index contributed by atoms with van der Waals surface area (Å²) in [6.45, 7) is 4.34. The van der Waals surface area contributed by atoms with Crippen LogP contribution in [-0.4, -0.2) is 36.2 Å². The van der Waals surface area contributed by atoms with E-state index < -0.39 is 0 Å². The van der Waals surface area contributed by atoms with Gasteiger partial charge in [0.05, 0.1) is 23.4 Å². The first kappa shape index (κ1) is 17.9. The molecule has 2 heterocycles. The maximum atomic E-state index is 13.4. The monoisotopic (exact) mass is 386 g/mol. The number of carbonyl (C=O) groups excluding carboxylic acids is 2. The van der Waals surface area contributed by atoms with E-state index >= 15 is 0 Å². The van der Waals surface area contributed by atoms with E-state index in [-0.39, 0.29) is 11.6 Å². The fourth-order valence-electron chi connectivity index (χ4n) is 4.45. The number of piperidine rings is 1. The van der Waals surface area contributed by atoms with Gasteiger partial charge in [-0.1, -0.05) is 24.3 Å². The molecule has 0 N–H and O–H groups in total. The molecule has 0 unspecified atom stereocenters. The van der Waals surface area contributed by atoms with Crippen molar-refractivity contribution in [2.75, 3.05) is 24.6 Å². The lowest BCUT2D eigenvalue weighted by molar-refractivity contribution is 0.0980. The van der Waals surface area contributed by atoms with Crippen LogP contribution in [0.2, 0.25) is 0 Å². The van der Waals surface area contributed by atoms with Gasteiger partial charge in [0.2, 0.25) is 5.88 Å². The summed E-state index contributed by atoms with van der Waals surface area (Å²) in [5.74, 6) is 0.222. The van der Waals surface area contributed by atoms with Crippen molar-refractivity contribution in [1.29, 1.82) is 0 Å². The smallest absolute Gasteiger partial charge is 0.215 e. The molecule has 5 heteroatoms. The third-order valence-electron chi connectivity index (χ3n) is 5.81. The van der Waals surface area contributed by atoms with E-state index in [1.165, 1.54) is 6.42 Å². The predicted molar refractivity (Wildman–Crippen MR) is 112 cm³/mol. The average Bonchev–Trinajstić information content (AvgIpc) is 2.77. The van der Waals surface area contributed by atoms with Gasteiger partial charge in [-0.15, -0.1) is 0 Å². The summed E-state index contributed by atoms with van der Waals surface area (Å²) in [7, 11) is 0. The quantitative estimate of drug-likeness (QED) is 0.522. The van der Waals surface area contributed by atoms with Crippen molar-refractivity contribution in [2.45, 2.75) is 26.2 Å². The van der Waals surface area contributed by atoms with Gasteiger partial charge in [0.25, 0.3) is 0 Å². The maximum absolute atomic E-state index is 13.4. The molecule has 0 atom stereocenters. The molecule has 3 aromatic rings. The fourth-order valence-corrected chi connectivity index (χ4v) is 4.45. The summed E-state index contributed by atoms with van der Waals surface area (Å²) >= 11 is 0. The number of benzene rings is 2. The Morgan fingerprint density at radius 3 is 2.38 bits per heavy atom. The van der Waals surface area contributed by atoms with Crippen LogP contribution in [0.1, 0.15) is 58.0 Å². The second-order valence-electron chi connectivity index (χ2n) is 7.55. The highest BCUT2D eigenvalue weighted by atomic mass is 16.5. The molecule has 1 fully saturated rings. The Kier molecular flexibility index (Phi) is 4.31. The first-order chi connectivity index (χ1) is 14.2. The molecule has 1 saturated heterocycles. The Morgan fingerprint density at radius 1 is 0.931 bits per heavy atom. The number of nitrogens with zero attached hydrogens (tertiary/aromatic N) is 2.